The van der Waals surface area contributed by atoms with Gasteiger partial charge in [-0.25, -0.2) is 4.79 Å². The molecule has 0 aliphatic carbocycles. The van der Waals surface area contributed by atoms with Gasteiger partial charge in [0.05, 0.1) is 12.7 Å². The highest BCUT2D eigenvalue weighted by Crippen LogP contribution is 2.28. The van der Waals surface area contributed by atoms with Gasteiger partial charge in [0, 0.05) is 6.42 Å². The topological polar surface area (TPSA) is 69.7 Å². The van der Waals surface area contributed by atoms with Crippen LogP contribution in [0.5, 0.6) is 0 Å². The fourth-order valence-electron chi connectivity index (χ4n) is 1.79. The monoisotopic (exact) mass is 398 g/mol. The summed E-state index contributed by atoms with van der Waals surface area (Å²) in [4.78, 5) is 11.4. The quantitative estimate of drug-likeness (QED) is 0.132. The highest BCUT2D eigenvalue weighted by atomic mass is 32.2. The van der Waals surface area contributed by atoms with Crippen LogP contribution in [0.1, 0.15) is 53.4 Å². The first-order valence-electron chi connectivity index (χ1n) is 8.06. The molecule has 0 radical (unpaired) electrons. The smallest absolute Gasteiger partial charge is 0.463 e. The van der Waals surface area contributed by atoms with Crippen molar-refractivity contribution in [2.75, 3.05) is 6.61 Å². The molecule has 0 spiro atoms. The maximum atomic E-state index is 12.5. The van der Waals surface area contributed by atoms with Crippen molar-refractivity contribution in [3.63, 3.8) is 0 Å². The van der Waals surface area contributed by atoms with Crippen molar-refractivity contribution in [2.24, 2.45) is 0 Å². The van der Waals surface area contributed by atoms with Crippen molar-refractivity contribution in [1.29, 1.82) is 0 Å². The van der Waals surface area contributed by atoms with Crippen LogP contribution in [0.25, 0.3) is 0 Å². The molecule has 0 aliphatic heterocycles. The van der Waals surface area contributed by atoms with Crippen LogP contribution in [-0.2, 0) is 23.8 Å². The van der Waals surface area contributed by atoms with Gasteiger partial charge in [0.15, 0.2) is 0 Å². The van der Waals surface area contributed by atoms with Crippen LogP contribution in [0.3, 0.4) is 0 Å². The lowest BCUT2D eigenvalue weighted by Gasteiger charge is -2.12. The van der Waals surface area contributed by atoms with Crippen LogP contribution in [0.15, 0.2) is 35.1 Å². The zero-order valence-electron chi connectivity index (χ0n) is 15.4. The van der Waals surface area contributed by atoms with Gasteiger partial charge in [0.25, 0.3) is 0 Å². The lowest BCUT2D eigenvalue weighted by molar-refractivity contribution is -0.137. The van der Waals surface area contributed by atoms with E-state index in [1.54, 1.807) is 6.08 Å². The average Bonchev–Trinajstić information content (AvgIpc) is 2.45. The molecule has 5 nitrogen and oxygen atoms in total. The summed E-state index contributed by atoms with van der Waals surface area (Å²) in [6.45, 7) is 7.32. The number of rotatable bonds is 10. The average molecular weight is 398 g/mol. The first-order valence-corrected chi connectivity index (χ1v) is 9.47. The molecule has 0 N–H and O–H groups in total. The van der Waals surface area contributed by atoms with Crippen LogP contribution in [-0.4, -0.2) is 26.5 Å². The standard InChI is InChI=1S/C17H25F3O5S/c1-5-24-16(21)12-15(25-26(22,23)17(18,19)20)11-7-10-14(4)9-6-8-13(2)3/h8,10,12H,5-7,9,11H2,1-4H3/b14-10+,15-12+. The third kappa shape index (κ3) is 10.3. The second-order valence-electron chi connectivity index (χ2n) is 5.76. The number of hydrogen-bond donors (Lipinski definition) is 0. The molecule has 0 bridgehead atoms. The summed E-state index contributed by atoms with van der Waals surface area (Å²) in [5, 5.41) is 0. The number of halogens is 3. The summed E-state index contributed by atoms with van der Waals surface area (Å²) < 4.78 is 68.3. The second-order valence-corrected chi connectivity index (χ2v) is 7.29. The normalized spacial score (nSPS) is 13.3. The molecule has 0 amide bonds. The van der Waals surface area contributed by atoms with Crippen molar-refractivity contribution in [3.8, 4) is 0 Å². The summed E-state index contributed by atoms with van der Waals surface area (Å²) in [5.74, 6) is -1.58. The van der Waals surface area contributed by atoms with E-state index in [-0.39, 0.29) is 19.4 Å². The molecule has 0 fully saturated rings. The molecule has 0 saturated carbocycles. The van der Waals surface area contributed by atoms with Gasteiger partial charge in [-0.2, -0.15) is 21.6 Å². The fraction of sp³-hybridized carbons (Fsp3) is 0.588. The van der Waals surface area contributed by atoms with E-state index in [1.165, 1.54) is 12.5 Å². The zero-order valence-corrected chi connectivity index (χ0v) is 16.2. The van der Waals surface area contributed by atoms with Gasteiger partial charge in [-0.3, -0.25) is 0 Å². The Labute approximate surface area is 152 Å². The van der Waals surface area contributed by atoms with E-state index < -0.39 is 27.4 Å². The number of esters is 1. The van der Waals surface area contributed by atoms with Gasteiger partial charge in [-0.05, 0) is 47.0 Å². The second kappa shape index (κ2) is 11.1. The zero-order chi connectivity index (χ0) is 20.4. The first-order chi connectivity index (χ1) is 11.9. The number of carbonyl (C=O) groups is 1. The van der Waals surface area contributed by atoms with Gasteiger partial charge in [0.1, 0.15) is 5.76 Å². The van der Waals surface area contributed by atoms with Crippen molar-refractivity contribution in [3.05, 3.63) is 35.1 Å². The van der Waals surface area contributed by atoms with Gasteiger partial charge < -0.3 is 8.92 Å². The molecule has 0 aromatic carbocycles. The molecule has 0 rings (SSSR count). The Morgan fingerprint density at radius 3 is 2.12 bits per heavy atom. The summed E-state index contributed by atoms with van der Waals surface area (Å²) in [6, 6.07) is 0. The number of allylic oxidation sites excluding steroid dienone is 5. The van der Waals surface area contributed by atoms with Crippen LogP contribution < -0.4 is 0 Å². The molecule has 0 saturated heterocycles. The molecular formula is C17H25F3O5S. The van der Waals surface area contributed by atoms with Crippen LogP contribution in [0.4, 0.5) is 13.2 Å². The Hall–Kier alpha value is -1.77. The minimum atomic E-state index is -5.84. The molecule has 9 heteroatoms. The number of alkyl halides is 3. The molecule has 0 unspecified atom stereocenters. The number of carbonyl (C=O) groups excluding carboxylic acids is 1. The maximum Gasteiger partial charge on any atom is 0.534 e. The molecule has 0 heterocycles. The van der Waals surface area contributed by atoms with Gasteiger partial charge in [-0.1, -0.05) is 23.3 Å². The van der Waals surface area contributed by atoms with Crippen molar-refractivity contribution in [2.45, 2.75) is 58.9 Å². The van der Waals surface area contributed by atoms with E-state index in [9.17, 15) is 26.4 Å². The Bertz CT molecular complexity index is 654. The minimum Gasteiger partial charge on any atom is -0.463 e. The SMILES string of the molecule is CCOC(=O)/C=C(\CC/C=C(\C)CCC=C(C)C)OS(=O)(=O)C(F)(F)F. The van der Waals surface area contributed by atoms with Crippen LogP contribution in [0.2, 0.25) is 0 Å². The predicted octanol–water partition coefficient (Wildman–Crippen LogP) is 4.77. The summed E-state index contributed by atoms with van der Waals surface area (Å²) in [7, 11) is -5.84. The predicted molar refractivity (Wildman–Crippen MR) is 92.4 cm³/mol. The number of hydrogen-bond acceptors (Lipinski definition) is 5. The molecule has 26 heavy (non-hydrogen) atoms. The van der Waals surface area contributed by atoms with E-state index in [1.807, 2.05) is 20.8 Å². The van der Waals surface area contributed by atoms with E-state index in [0.717, 1.165) is 18.4 Å². The third-order valence-electron chi connectivity index (χ3n) is 3.04. The summed E-state index contributed by atoms with van der Waals surface area (Å²) in [6.07, 6.45) is 6.08. The molecular weight excluding hydrogens is 373 g/mol. The van der Waals surface area contributed by atoms with E-state index in [4.69, 9.17) is 0 Å². The Morgan fingerprint density at radius 2 is 1.62 bits per heavy atom. The van der Waals surface area contributed by atoms with E-state index in [2.05, 4.69) is 15.0 Å². The lowest BCUT2D eigenvalue weighted by Crippen LogP contribution is -2.25. The molecule has 0 aromatic heterocycles. The maximum absolute atomic E-state index is 12.5. The molecule has 0 aromatic rings. The Balaban J connectivity index is 5.04. The highest BCUT2D eigenvalue weighted by molar-refractivity contribution is 7.87. The van der Waals surface area contributed by atoms with E-state index >= 15 is 0 Å². The van der Waals surface area contributed by atoms with Crippen LogP contribution >= 0.6 is 0 Å². The fourth-order valence-corrected chi connectivity index (χ4v) is 2.30. The molecule has 0 aliphatic rings. The van der Waals surface area contributed by atoms with Gasteiger partial charge >= 0.3 is 21.6 Å². The highest BCUT2D eigenvalue weighted by Gasteiger charge is 2.48. The summed E-state index contributed by atoms with van der Waals surface area (Å²) in [5.41, 5.74) is -3.39. The minimum absolute atomic E-state index is 0.00198. The largest absolute Gasteiger partial charge is 0.534 e. The van der Waals surface area contributed by atoms with Crippen molar-refractivity contribution >= 4 is 16.1 Å². The molecule has 0 atom stereocenters. The van der Waals surface area contributed by atoms with Gasteiger partial charge in [0.2, 0.25) is 0 Å². The van der Waals surface area contributed by atoms with Crippen molar-refractivity contribution in [1.82, 2.24) is 0 Å². The summed E-state index contributed by atoms with van der Waals surface area (Å²) >= 11 is 0. The first kappa shape index (κ1) is 24.2. The lowest BCUT2D eigenvalue weighted by atomic mass is 10.1. The van der Waals surface area contributed by atoms with Gasteiger partial charge in [-0.15, -0.1) is 0 Å². The van der Waals surface area contributed by atoms with Crippen molar-refractivity contribution < 1.29 is 35.3 Å². The Morgan fingerprint density at radius 1 is 1.04 bits per heavy atom. The van der Waals surface area contributed by atoms with E-state index in [0.29, 0.717) is 6.08 Å². The number of ether oxygens (including phenoxy) is 1. The molecule has 150 valence electrons. The third-order valence-corrected chi connectivity index (χ3v) is 4.04. The van der Waals surface area contributed by atoms with Crippen LogP contribution in [0, 0.1) is 0 Å². The Kier molecular flexibility index (Phi) is 10.3.